The van der Waals surface area contributed by atoms with Crippen LogP contribution in [-0.4, -0.2) is 62.3 Å². The lowest BCUT2D eigenvalue weighted by Gasteiger charge is -2.35. The summed E-state index contributed by atoms with van der Waals surface area (Å²) in [6.07, 6.45) is 1.90. The number of carbonyl (C=O) groups excluding carboxylic acids is 1. The van der Waals surface area contributed by atoms with Crippen LogP contribution in [0, 0.1) is 6.92 Å². The Kier molecular flexibility index (Phi) is 6.25. The first-order valence-corrected chi connectivity index (χ1v) is 9.51. The molecule has 0 radical (unpaired) electrons. The van der Waals surface area contributed by atoms with Crippen LogP contribution in [0.15, 0.2) is 29.2 Å². The predicted molar refractivity (Wildman–Crippen MR) is 94.8 cm³/mol. The lowest BCUT2D eigenvalue weighted by Crippen LogP contribution is -2.54. The van der Waals surface area contributed by atoms with E-state index in [4.69, 9.17) is 0 Å². The number of sulfonamides is 1. The summed E-state index contributed by atoms with van der Waals surface area (Å²) in [5.74, 6) is 0.106. The van der Waals surface area contributed by atoms with Crippen LogP contribution in [0.4, 0.5) is 0 Å². The first kappa shape index (κ1) is 19.2. The zero-order valence-corrected chi connectivity index (χ0v) is 15.4. The van der Waals surface area contributed by atoms with Crippen molar-refractivity contribution in [1.82, 2.24) is 14.5 Å². The number of piperazine rings is 1. The number of nitrogens with one attached hydrogen (secondary N) is 1. The van der Waals surface area contributed by atoms with E-state index in [-0.39, 0.29) is 24.4 Å². The number of carbonyl (C=O) groups is 1. The van der Waals surface area contributed by atoms with Gasteiger partial charge in [0.15, 0.2) is 0 Å². The molecule has 134 valence electrons. The van der Waals surface area contributed by atoms with Gasteiger partial charge in [0, 0.05) is 26.2 Å². The molecule has 1 unspecified atom stereocenters. The third-order valence-electron chi connectivity index (χ3n) is 4.57. The van der Waals surface area contributed by atoms with Crippen LogP contribution in [0.25, 0.3) is 0 Å². The Hall–Kier alpha value is -1.15. The Balaban J connectivity index is 0.00000208. The van der Waals surface area contributed by atoms with Gasteiger partial charge < -0.3 is 10.2 Å². The van der Waals surface area contributed by atoms with E-state index in [9.17, 15) is 13.2 Å². The second-order valence-electron chi connectivity index (χ2n) is 6.19. The molecule has 1 aromatic carbocycles. The molecule has 24 heavy (non-hydrogen) atoms. The monoisotopic (exact) mass is 373 g/mol. The van der Waals surface area contributed by atoms with E-state index >= 15 is 0 Å². The number of hydrogen-bond acceptors (Lipinski definition) is 4. The molecule has 1 amide bonds. The largest absolute Gasteiger partial charge is 0.339 e. The molecule has 2 aliphatic heterocycles. The molecular weight excluding hydrogens is 350 g/mol. The molecular formula is C16H24ClN3O3S. The minimum atomic E-state index is -3.47. The summed E-state index contributed by atoms with van der Waals surface area (Å²) in [6, 6.07) is 6.81. The number of rotatable bonds is 3. The second kappa shape index (κ2) is 7.82. The van der Waals surface area contributed by atoms with E-state index in [1.165, 1.54) is 4.31 Å². The van der Waals surface area contributed by atoms with Crippen LogP contribution in [0.2, 0.25) is 0 Å². The van der Waals surface area contributed by atoms with E-state index in [1.54, 1.807) is 29.2 Å². The molecule has 8 heteroatoms. The molecule has 2 fully saturated rings. The molecule has 2 heterocycles. The minimum absolute atomic E-state index is 0. The second-order valence-corrected chi connectivity index (χ2v) is 8.13. The number of halogens is 1. The number of benzene rings is 1. The van der Waals surface area contributed by atoms with Crippen LogP contribution in [0.1, 0.15) is 18.4 Å². The van der Waals surface area contributed by atoms with E-state index in [1.807, 2.05) is 6.92 Å². The molecule has 0 bridgehead atoms. The van der Waals surface area contributed by atoms with E-state index in [0.29, 0.717) is 31.1 Å². The minimum Gasteiger partial charge on any atom is -0.339 e. The van der Waals surface area contributed by atoms with Crippen molar-refractivity contribution < 1.29 is 13.2 Å². The molecule has 2 saturated heterocycles. The normalized spacial score (nSPS) is 22.2. The van der Waals surface area contributed by atoms with Crippen LogP contribution in [0.3, 0.4) is 0 Å². The van der Waals surface area contributed by atoms with Gasteiger partial charge in [0.2, 0.25) is 15.9 Å². The summed E-state index contributed by atoms with van der Waals surface area (Å²) in [7, 11) is -3.47. The molecule has 1 atom stereocenters. The first-order valence-electron chi connectivity index (χ1n) is 8.07. The van der Waals surface area contributed by atoms with Crippen LogP contribution in [-0.2, 0) is 14.8 Å². The van der Waals surface area contributed by atoms with Crippen molar-refractivity contribution in [2.45, 2.75) is 30.7 Å². The topological polar surface area (TPSA) is 69.7 Å². The third-order valence-corrected chi connectivity index (χ3v) is 6.48. The van der Waals surface area contributed by atoms with Gasteiger partial charge in [0.05, 0.1) is 10.9 Å². The SMILES string of the molecule is Cc1ccc(S(=O)(=O)N2CCN(C(=O)C3CCCN3)CC2)cc1.Cl. The number of aryl methyl sites for hydroxylation is 1. The van der Waals surface area contributed by atoms with E-state index in [0.717, 1.165) is 24.9 Å². The van der Waals surface area contributed by atoms with E-state index < -0.39 is 10.0 Å². The fraction of sp³-hybridized carbons (Fsp3) is 0.562. The molecule has 2 aliphatic rings. The Labute approximate surface area is 149 Å². The van der Waals surface area contributed by atoms with Gasteiger partial charge in [0.25, 0.3) is 0 Å². The van der Waals surface area contributed by atoms with Crippen molar-refractivity contribution in [3.8, 4) is 0 Å². The maximum Gasteiger partial charge on any atom is 0.243 e. The molecule has 1 N–H and O–H groups in total. The lowest BCUT2D eigenvalue weighted by atomic mass is 10.2. The maximum atomic E-state index is 12.6. The first-order chi connectivity index (χ1) is 11.0. The number of hydrogen-bond donors (Lipinski definition) is 1. The van der Waals surface area contributed by atoms with Gasteiger partial charge in [-0.25, -0.2) is 8.42 Å². The quantitative estimate of drug-likeness (QED) is 0.858. The zero-order valence-electron chi connectivity index (χ0n) is 13.8. The Morgan fingerprint density at radius 2 is 1.75 bits per heavy atom. The summed E-state index contributed by atoms with van der Waals surface area (Å²) < 4.78 is 26.8. The van der Waals surface area contributed by atoms with Crippen molar-refractivity contribution in [1.29, 1.82) is 0 Å². The average molecular weight is 374 g/mol. The smallest absolute Gasteiger partial charge is 0.243 e. The van der Waals surface area contributed by atoms with Crippen molar-refractivity contribution in [3.63, 3.8) is 0 Å². The summed E-state index contributed by atoms with van der Waals surface area (Å²) in [6.45, 7) is 4.45. The van der Waals surface area contributed by atoms with Gasteiger partial charge in [-0.2, -0.15) is 4.31 Å². The average Bonchev–Trinajstić information content (AvgIpc) is 3.09. The molecule has 6 nitrogen and oxygen atoms in total. The molecule has 0 aromatic heterocycles. The third kappa shape index (κ3) is 3.91. The highest BCUT2D eigenvalue weighted by molar-refractivity contribution is 7.89. The predicted octanol–water partition coefficient (Wildman–Crippen LogP) is 1.00. The van der Waals surface area contributed by atoms with E-state index in [2.05, 4.69) is 5.32 Å². The number of amides is 1. The van der Waals surface area contributed by atoms with Crippen LogP contribution >= 0.6 is 12.4 Å². The molecule has 3 rings (SSSR count). The van der Waals surface area contributed by atoms with Crippen molar-refractivity contribution in [2.75, 3.05) is 32.7 Å². The summed E-state index contributed by atoms with van der Waals surface area (Å²) in [4.78, 5) is 14.5. The molecule has 0 aliphatic carbocycles. The van der Waals surface area contributed by atoms with Crippen molar-refractivity contribution in [3.05, 3.63) is 29.8 Å². The Bertz CT molecular complexity index is 664. The molecule has 1 aromatic rings. The zero-order chi connectivity index (χ0) is 16.4. The standard InChI is InChI=1S/C16H23N3O3S.ClH/c1-13-4-6-14(7-5-13)23(21,22)19-11-9-18(10-12-19)16(20)15-3-2-8-17-15;/h4-7,15,17H,2-3,8-12H2,1H3;1H. The fourth-order valence-corrected chi connectivity index (χ4v) is 4.55. The van der Waals surface area contributed by atoms with Gasteiger partial charge in [-0.15, -0.1) is 12.4 Å². The Morgan fingerprint density at radius 3 is 2.29 bits per heavy atom. The van der Waals surface area contributed by atoms with Crippen LogP contribution < -0.4 is 5.32 Å². The van der Waals surface area contributed by atoms with Crippen molar-refractivity contribution >= 4 is 28.3 Å². The Morgan fingerprint density at radius 1 is 1.12 bits per heavy atom. The summed E-state index contributed by atoms with van der Waals surface area (Å²) in [5.41, 5.74) is 1.03. The fourth-order valence-electron chi connectivity index (χ4n) is 3.12. The van der Waals surface area contributed by atoms with Gasteiger partial charge >= 0.3 is 0 Å². The number of nitrogens with zero attached hydrogens (tertiary/aromatic N) is 2. The highest BCUT2D eigenvalue weighted by Gasteiger charge is 2.33. The van der Waals surface area contributed by atoms with Gasteiger partial charge in [-0.05, 0) is 38.4 Å². The summed E-state index contributed by atoms with van der Waals surface area (Å²) >= 11 is 0. The van der Waals surface area contributed by atoms with Gasteiger partial charge in [-0.3, -0.25) is 4.79 Å². The molecule has 0 saturated carbocycles. The molecule has 0 spiro atoms. The highest BCUT2D eigenvalue weighted by atomic mass is 35.5. The summed E-state index contributed by atoms with van der Waals surface area (Å²) in [5, 5.41) is 3.20. The van der Waals surface area contributed by atoms with Gasteiger partial charge in [0.1, 0.15) is 0 Å². The maximum absolute atomic E-state index is 12.6. The highest BCUT2D eigenvalue weighted by Crippen LogP contribution is 2.19. The lowest BCUT2D eigenvalue weighted by molar-refractivity contribution is -0.134. The van der Waals surface area contributed by atoms with Crippen molar-refractivity contribution in [2.24, 2.45) is 0 Å². The van der Waals surface area contributed by atoms with Crippen LogP contribution in [0.5, 0.6) is 0 Å². The van der Waals surface area contributed by atoms with Gasteiger partial charge in [-0.1, -0.05) is 17.7 Å².